The molecule has 1 aromatic carbocycles. The molecule has 1 atom stereocenters. The summed E-state index contributed by atoms with van der Waals surface area (Å²) >= 11 is 0. The van der Waals surface area contributed by atoms with Gasteiger partial charge in [-0.2, -0.15) is 5.10 Å². The van der Waals surface area contributed by atoms with Gasteiger partial charge in [-0.3, -0.25) is 5.10 Å². The Kier molecular flexibility index (Phi) is 5.18. The van der Waals surface area contributed by atoms with Crippen molar-refractivity contribution in [3.63, 3.8) is 0 Å². The van der Waals surface area contributed by atoms with Crippen molar-refractivity contribution in [2.24, 2.45) is 0 Å². The average molecular weight is 273 g/mol. The van der Waals surface area contributed by atoms with E-state index in [1.165, 1.54) is 16.8 Å². The minimum absolute atomic E-state index is 0.329. The first-order valence-corrected chi connectivity index (χ1v) is 7.07. The van der Waals surface area contributed by atoms with Gasteiger partial charge in [0.25, 0.3) is 0 Å². The number of ether oxygens (including phenoxy) is 1. The highest BCUT2D eigenvalue weighted by Crippen LogP contribution is 2.18. The molecule has 20 heavy (non-hydrogen) atoms. The Morgan fingerprint density at radius 3 is 2.95 bits per heavy atom. The van der Waals surface area contributed by atoms with Crippen LogP contribution in [0.3, 0.4) is 0 Å². The fourth-order valence-electron chi connectivity index (χ4n) is 2.25. The Morgan fingerprint density at radius 1 is 1.40 bits per heavy atom. The van der Waals surface area contributed by atoms with E-state index in [9.17, 15) is 0 Å². The zero-order valence-electron chi connectivity index (χ0n) is 12.4. The molecule has 0 amide bonds. The van der Waals surface area contributed by atoms with Crippen LogP contribution in [0.5, 0.6) is 5.75 Å². The summed E-state index contributed by atoms with van der Waals surface area (Å²) in [4.78, 5) is 0. The maximum atomic E-state index is 5.25. The van der Waals surface area contributed by atoms with E-state index in [-0.39, 0.29) is 0 Å². The highest BCUT2D eigenvalue weighted by molar-refractivity contribution is 5.30. The SMILES string of the molecule is COc1cccc(C(C)NCCCc2cn[nH]c2C)c1. The minimum Gasteiger partial charge on any atom is -0.497 e. The van der Waals surface area contributed by atoms with Crippen molar-refractivity contribution in [2.45, 2.75) is 32.7 Å². The number of nitrogens with zero attached hydrogens (tertiary/aromatic N) is 1. The number of hydrogen-bond acceptors (Lipinski definition) is 3. The summed E-state index contributed by atoms with van der Waals surface area (Å²) in [7, 11) is 1.70. The molecule has 0 aliphatic heterocycles. The third kappa shape index (κ3) is 3.84. The van der Waals surface area contributed by atoms with Crippen molar-refractivity contribution in [1.82, 2.24) is 15.5 Å². The van der Waals surface area contributed by atoms with Gasteiger partial charge in [0.2, 0.25) is 0 Å². The van der Waals surface area contributed by atoms with Crippen LogP contribution in [-0.2, 0) is 6.42 Å². The first-order chi connectivity index (χ1) is 9.70. The molecule has 4 nitrogen and oxygen atoms in total. The number of aromatic amines is 1. The zero-order valence-corrected chi connectivity index (χ0v) is 12.4. The lowest BCUT2D eigenvalue weighted by atomic mass is 10.1. The van der Waals surface area contributed by atoms with Crippen LogP contribution in [0, 0.1) is 6.92 Å². The molecule has 2 aromatic rings. The Balaban J connectivity index is 1.77. The van der Waals surface area contributed by atoms with E-state index in [1.54, 1.807) is 7.11 Å². The van der Waals surface area contributed by atoms with E-state index in [2.05, 4.69) is 41.5 Å². The lowest BCUT2D eigenvalue weighted by Gasteiger charge is -2.15. The van der Waals surface area contributed by atoms with Gasteiger partial charge >= 0.3 is 0 Å². The van der Waals surface area contributed by atoms with Gasteiger partial charge in [0.15, 0.2) is 0 Å². The molecular weight excluding hydrogens is 250 g/mol. The van der Waals surface area contributed by atoms with Crippen LogP contribution in [0.1, 0.15) is 36.2 Å². The fraction of sp³-hybridized carbons (Fsp3) is 0.438. The van der Waals surface area contributed by atoms with E-state index in [1.807, 2.05) is 18.3 Å². The van der Waals surface area contributed by atoms with Crippen molar-refractivity contribution in [1.29, 1.82) is 0 Å². The van der Waals surface area contributed by atoms with Gasteiger partial charge in [0.05, 0.1) is 13.3 Å². The van der Waals surface area contributed by atoms with Crippen LogP contribution in [0.25, 0.3) is 0 Å². The van der Waals surface area contributed by atoms with Crippen molar-refractivity contribution in [3.05, 3.63) is 47.3 Å². The number of benzene rings is 1. The number of nitrogens with one attached hydrogen (secondary N) is 2. The molecule has 2 N–H and O–H groups in total. The van der Waals surface area contributed by atoms with Gasteiger partial charge in [-0.1, -0.05) is 12.1 Å². The molecule has 1 aromatic heterocycles. The van der Waals surface area contributed by atoms with E-state index < -0.39 is 0 Å². The third-order valence-electron chi connectivity index (χ3n) is 3.60. The molecule has 0 aliphatic carbocycles. The summed E-state index contributed by atoms with van der Waals surface area (Å²) in [6, 6.07) is 8.53. The maximum absolute atomic E-state index is 5.25. The molecule has 4 heteroatoms. The van der Waals surface area contributed by atoms with Crippen LogP contribution >= 0.6 is 0 Å². The molecule has 1 unspecified atom stereocenters. The predicted molar refractivity (Wildman–Crippen MR) is 81.1 cm³/mol. The summed E-state index contributed by atoms with van der Waals surface area (Å²) in [5, 5.41) is 10.6. The summed E-state index contributed by atoms with van der Waals surface area (Å²) in [5.41, 5.74) is 3.73. The first-order valence-electron chi connectivity index (χ1n) is 7.07. The zero-order chi connectivity index (χ0) is 14.4. The normalized spacial score (nSPS) is 12.3. The lowest BCUT2D eigenvalue weighted by molar-refractivity contribution is 0.413. The number of aryl methyl sites for hydroxylation is 2. The van der Waals surface area contributed by atoms with Crippen LogP contribution in [0.2, 0.25) is 0 Å². The Morgan fingerprint density at radius 2 is 2.25 bits per heavy atom. The second-order valence-corrected chi connectivity index (χ2v) is 5.08. The second kappa shape index (κ2) is 7.10. The lowest BCUT2D eigenvalue weighted by Crippen LogP contribution is -2.20. The standard InChI is InChI=1S/C16H23N3O/c1-12(14-6-4-8-16(10-14)20-3)17-9-5-7-15-11-18-19-13(15)2/h4,6,8,10-12,17H,5,7,9H2,1-3H3,(H,18,19). The molecule has 0 radical (unpaired) electrons. The molecule has 1 heterocycles. The van der Waals surface area contributed by atoms with Crippen LogP contribution in [-0.4, -0.2) is 23.9 Å². The van der Waals surface area contributed by atoms with Gasteiger partial charge in [0, 0.05) is 11.7 Å². The summed E-state index contributed by atoms with van der Waals surface area (Å²) < 4.78 is 5.25. The van der Waals surface area contributed by atoms with Crippen molar-refractivity contribution < 1.29 is 4.74 Å². The average Bonchev–Trinajstić information content (AvgIpc) is 2.89. The molecule has 108 valence electrons. The predicted octanol–water partition coefficient (Wildman–Crippen LogP) is 3.01. The Bertz CT molecular complexity index is 536. The number of rotatable bonds is 7. The van der Waals surface area contributed by atoms with E-state index in [4.69, 9.17) is 4.74 Å². The number of aromatic nitrogens is 2. The van der Waals surface area contributed by atoms with E-state index in [0.717, 1.165) is 25.1 Å². The summed E-state index contributed by atoms with van der Waals surface area (Å²) in [6.45, 7) is 5.23. The quantitative estimate of drug-likeness (QED) is 0.762. The van der Waals surface area contributed by atoms with Crippen LogP contribution < -0.4 is 10.1 Å². The van der Waals surface area contributed by atoms with E-state index >= 15 is 0 Å². The van der Waals surface area contributed by atoms with Crippen molar-refractivity contribution in [2.75, 3.05) is 13.7 Å². The molecule has 0 bridgehead atoms. The third-order valence-corrected chi connectivity index (χ3v) is 3.60. The van der Waals surface area contributed by atoms with Crippen molar-refractivity contribution >= 4 is 0 Å². The smallest absolute Gasteiger partial charge is 0.119 e. The maximum Gasteiger partial charge on any atom is 0.119 e. The summed E-state index contributed by atoms with van der Waals surface area (Å²) in [6.07, 6.45) is 4.08. The van der Waals surface area contributed by atoms with Gasteiger partial charge in [0.1, 0.15) is 5.75 Å². The van der Waals surface area contributed by atoms with Crippen molar-refractivity contribution in [3.8, 4) is 5.75 Å². The van der Waals surface area contributed by atoms with Crippen LogP contribution in [0.4, 0.5) is 0 Å². The molecule has 2 rings (SSSR count). The molecule has 0 saturated carbocycles. The minimum atomic E-state index is 0.329. The molecule has 0 spiro atoms. The number of H-pyrrole nitrogens is 1. The number of methoxy groups -OCH3 is 1. The Labute approximate surface area is 120 Å². The largest absolute Gasteiger partial charge is 0.497 e. The van der Waals surface area contributed by atoms with Gasteiger partial charge in [-0.05, 0) is 56.5 Å². The topological polar surface area (TPSA) is 49.9 Å². The summed E-state index contributed by atoms with van der Waals surface area (Å²) in [5.74, 6) is 0.908. The van der Waals surface area contributed by atoms with Crippen LogP contribution in [0.15, 0.2) is 30.5 Å². The highest BCUT2D eigenvalue weighted by atomic mass is 16.5. The van der Waals surface area contributed by atoms with Gasteiger partial charge in [-0.15, -0.1) is 0 Å². The Hall–Kier alpha value is -1.81. The molecular formula is C16H23N3O. The monoisotopic (exact) mass is 273 g/mol. The van der Waals surface area contributed by atoms with Gasteiger partial charge in [-0.25, -0.2) is 0 Å². The molecule has 0 fully saturated rings. The highest BCUT2D eigenvalue weighted by Gasteiger charge is 2.06. The fourth-order valence-corrected chi connectivity index (χ4v) is 2.25. The van der Waals surface area contributed by atoms with Gasteiger partial charge < -0.3 is 10.1 Å². The number of hydrogen-bond donors (Lipinski definition) is 2. The molecule has 0 aliphatic rings. The molecule has 0 saturated heterocycles. The van der Waals surface area contributed by atoms with E-state index in [0.29, 0.717) is 6.04 Å². The first kappa shape index (κ1) is 14.6. The second-order valence-electron chi connectivity index (χ2n) is 5.08.